The van der Waals surface area contributed by atoms with Gasteiger partial charge in [-0.15, -0.1) is 0 Å². The van der Waals surface area contributed by atoms with Crippen LogP contribution in [0.15, 0.2) is 36.5 Å². The van der Waals surface area contributed by atoms with Gasteiger partial charge in [0.2, 0.25) is 17.9 Å². The van der Waals surface area contributed by atoms with E-state index in [9.17, 15) is 18.0 Å². The molecule has 2 aliphatic rings. The van der Waals surface area contributed by atoms with Gasteiger partial charge in [-0.25, -0.2) is 4.68 Å². The van der Waals surface area contributed by atoms with Crippen molar-refractivity contribution in [2.24, 2.45) is 5.41 Å². The molecule has 2 atom stereocenters. The third-order valence-electron chi connectivity index (χ3n) is 8.20. The summed E-state index contributed by atoms with van der Waals surface area (Å²) in [4.78, 5) is 22.5. The Morgan fingerprint density at radius 1 is 1.19 bits per heavy atom. The first-order valence-corrected chi connectivity index (χ1v) is 14.7. The van der Waals surface area contributed by atoms with Gasteiger partial charge in [0.25, 0.3) is 0 Å². The van der Waals surface area contributed by atoms with Crippen LogP contribution in [0.4, 0.5) is 24.9 Å². The summed E-state index contributed by atoms with van der Waals surface area (Å²) in [6.07, 6.45) is -1.82. The van der Waals surface area contributed by atoms with Gasteiger partial charge in [-0.3, -0.25) is 4.79 Å². The average molecular weight is 602 g/mol. The number of carbonyl (C=O) groups is 1. The molecule has 1 spiro atoms. The van der Waals surface area contributed by atoms with Crippen LogP contribution in [0.1, 0.15) is 62.5 Å². The van der Waals surface area contributed by atoms with Crippen LogP contribution in [0.2, 0.25) is 0 Å². The molecule has 43 heavy (non-hydrogen) atoms. The van der Waals surface area contributed by atoms with E-state index in [1.807, 2.05) is 17.9 Å². The molecule has 0 saturated carbocycles. The number of piperidine rings is 1. The molecule has 10 nitrogen and oxygen atoms in total. The monoisotopic (exact) mass is 601 g/mol. The van der Waals surface area contributed by atoms with Gasteiger partial charge >= 0.3 is 12.1 Å². The maximum Gasteiger partial charge on any atom is 0.429 e. The number of aromatic nitrogens is 4. The molecule has 5 rings (SSSR count). The highest BCUT2D eigenvalue weighted by atomic mass is 19.4. The van der Waals surface area contributed by atoms with Gasteiger partial charge in [-0.1, -0.05) is 19.4 Å². The van der Waals surface area contributed by atoms with Gasteiger partial charge in [-0.2, -0.15) is 28.2 Å². The van der Waals surface area contributed by atoms with Crippen LogP contribution in [0.3, 0.4) is 0 Å². The minimum Gasteiger partial charge on any atom is -0.465 e. The van der Waals surface area contributed by atoms with E-state index in [0.717, 1.165) is 24.8 Å². The number of benzene rings is 1. The number of nitrogen functional groups attached to an aromatic ring is 1. The molecule has 1 aromatic carbocycles. The number of ether oxygens (including phenoxy) is 2. The van der Waals surface area contributed by atoms with E-state index in [1.54, 1.807) is 32.2 Å². The number of nitrogens with zero attached hydrogens (tertiary/aromatic N) is 5. The molecule has 0 bridgehead atoms. The fraction of sp³-hybridized carbons (Fsp3) is 0.533. The number of hydrogen-bond donors (Lipinski definition) is 2. The highest BCUT2D eigenvalue weighted by Crippen LogP contribution is 2.42. The number of hydrogen-bond acceptors (Lipinski definition) is 9. The van der Waals surface area contributed by atoms with Crippen LogP contribution >= 0.6 is 0 Å². The molecule has 13 heteroatoms. The SMILES string of the molecule is CCCc1ccc(-n2ccc(C)n2)c([C@@H](Oc2cc(N3CCC4(CC3)CN[C@H](C(=O)OCC)C4)nc(N)n2)C(F)(F)F)c1. The minimum absolute atomic E-state index is 0.0576. The molecule has 232 valence electrons. The average Bonchev–Trinajstić information content (AvgIpc) is 3.58. The quantitative estimate of drug-likeness (QED) is 0.336. The zero-order valence-corrected chi connectivity index (χ0v) is 24.7. The van der Waals surface area contributed by atoms with Gasteiger partial charge in [0.15, 0.2) is 0 Å². The maximum absolute atomic E-state index is 14.7. The Labute approximate surface area is 248 Å². The number of halogens is 3. The summed E-state index contributed by atoms with van der Waals surface area (Å²) in [5, 5.41) is 7.63. The third kappa shape index (κ3) is 6.87. The molecule has 0 aliphatic carbocycles. The van der Waals surface area contributed by atoms with E-state index < -0.39 is 12.3 Å². The molecule has 2 aromatic heterocycles. The molecule has 0 unspecified atom stereocenters. The normalized spacial score (nSPS) is 19.0. The summed E-state index contributed by atoms with van der Waals surface area (Å²) >= 11 is 0. The fourth-order valence-electron chi connectivity index (χ4n) is 6.01. The topological polar surface area (TPSA) is 120 Å². The highest BCUT2D eigenvalue weighted by Gasteiger charge is 2.46. The van der Waals surface area contributed by atoms with Gasteiger partial charge in [-0.05, 0) is 68.7 Å². The fourth-order valence-corrected chi connectivity index (χ4v) is 6.01. The Kier molecular flexibility index (Phi) is 8.81. The number of nitrogens with one attached hydrogen (secondary N) is 1. The Morgan fingerprint density at radius 3 is 2.60 bits per heavy atom. The molecular formula is C30H38F3N7O3. The molecule has 0 radical (unpaired) electrons. The third-order valence-corrected chi connectivity index (χ3v) is 8.20. The zero-order valence-electron chi connectivity index (χ0n) is 24.7. The van der Waals surface area contributed by atoms with E-state index in [0.29, 0.717) is 50.6 Å². The smallest absolute Gasteiger partial charge is 0.429 e. The lowest BCUT2D eigenvalue weighted by Gasteiger charge is -2.39. The molecular weight excluding hydrogens is 563 g/mol. The summed E-state index contributed by atoms with van der Waals surface area (Å²) in [5.41, 5.74) is 7.57. The van der Waals surface area contributed by atoms with E-state index in [-0.39, 0.29) is 40.5 Å². The molecule has 4 heterocycles. The maximum atomic E-state index is 14.7. The molecule has 2 fully saturated rings. The second-order valence-electron chi connectivity index (χ2n) is 11.4. The van der Waals surface area contributed by atoms with Crippen molar-refractivity contribution in [3.8, 4) is 11.6 Å². The molecule has 2 aliphatic heterocycles. The lowest BCUT2D eigenvalue weighted by Crippen LogP contribution is -2.41. The van der Waals surface area contributed by atoms with Crippen molar-refractivity contribution in [2.45, 2.75) is 71.2 Å². The van der Waals surface area contributed by atoms with E-state index in [2.05, 4.69) is 20.4 Å². The predicted molar refractivity (Wildman–Crippen MR) is 155 cm³/mol. The Hall–Kier alpha value is -3.87. The van der Waals surface area contributed by atoms with Crippen molar-refractivity contribution in [1.29, 1.82) is 0 Å². The summed E-state index contributed by atoms with van der Waals surface area (Å²) in [6.45, 7) is 7.75. The number of aryl methyl sites for hydroxylation is 2. The largest absolute Gasteiger partial charge is 0.465 e. The first-order valence-electron chi connectivity index (χ1n) is 14.7. The number of alkyl halides is 3. The van der Waals surface area contributed by atoms with Gasteiger partial charge in [0, 0.05) is 37.5 Å². The summed E-state index contributed by atoms with van der Waals surface area (Å²) < 4.78 is 56.3. The van der Waals surface area contributed by atoms with Crippen LogP contribution in [-0.4, -0.2) is 64.2 Å². The Bertz CT molecular complexity index is 1440. The molecule has 2 saturated heterocycles. The van der Waals surface area contributed by atoms with Gasteiger partial charge in [0.1, 0.15) is 11.9 Å². The van der Waals surface area contributed by atoms with E-state index in [4.69, 9.17) is 15.2 Å². The van der Waals surface area contributed by atoms with E-state index in [1.165, 1.54) is 16.8 Å². The zero-order chi connectivity index (χ0) is 30.8. The molecule has 3 N–H and O–H groups in total. The summed E-state index contributed by atoms with van der Waals surface area (Å²) in [7, 11) is 0. The van der Waals surface area contributed by atoms with Crippen molar-refractivity contribution >= 4 is 17.7 Å². The van der Waals surface area contributed by atoms with Crippen LogP contribution in [-0.2, 0) is 16.0 Å². The number of anilines is 2. The van der Waals surface area contributed by atoms with Gasteiger partial charge in [0.05, 0.1) is 18.0 Å². The second-order valence-corrected chi connectivity index (χ2v) is 11.4. The number of carbonyl (C=O) groups excluding carboxylic acids is 1. The van der Waals surface area contributed by atoms with Crippen LogP contribution in [0.5, 0.6) is 5.88 Å². The van der Waals surface area contributed by atoms with Crippen molar-refractivity contribution in [3.05, 3.63) is 53.3 Å². The lowest BCUT2D eigenvalue weighted by atomic mass is 9.76. The predicted octanol–water partition coefficient (Wildman–Crippen LogP) is 4.70. The van der Waals surface area contributed by atoms with Crippen LogP contribution in [0, 0.1) is 12.3 Å². The van der Waals surface area contributed by atoms with E-state index >= 15 is 0 Å². The number of esters is 1. The summed E-state index contributed by atoms with van der Waals surface area (Å²) in [6, 6.07) is 7.80. The molecule has 3 aromatic rings. The molecule has 0 amide bonds. The van der Waals surface area contributed by atoms with Crippen molar-refractivity contribution in [3.63, 3.8) is 0 Å². The summed E-state index contributed by atoms with van der Waals surface area (Å²) in [5.74, 6) is -0.286. The standard InChI is InChI=1S/C30H38F3N7O3/c1-4-6-20-7-8-23(40-12-9-19(3)38-40)21(15-20)26(30(31,32)33)43-25-16-24(36-28(34)37-25)39-13-10-29(11-14-39)17-22(35-18-29)27(41)42-5-2/h7-9,12,15-16,22,26,35H,4-6,10-11,13-14,17-18H2,1-3H3,(H2,34,36,37)/t22-,26+/m0/s1. The minimum atomic E-state index is -4.76. The number of nitrogens with two attached hydrogens (primary N) is 1. The lowest BCUT2D eigenvalue weighted by molar-refractivity contribution is -0.198. The first kappa shape index (κ1) is 30.6. The van der Waals surface area contributed by atoms with Gasteiger partial charge < -0.3 is 25.4 Å². The number of rotatable bonds is 9. The first-order chi connectivity index (χ1) is 20.5. The van der Waals surface area contributed by atoms with Crippen LogP contribution < -0.4 is 20.7 Å². The Balaban J connectivity index is 1.39. The Morgan fingerprint density at radius 2 is 1.95 bits per heavy atom. The van der Waals surface area contributed by atoms with Crippen molar-refractivity contribution < 1.29 is 27.4 Å². The highest BCUT2D eigenvalue weighted by molar-refractivity contribution is 5.76. The second kappa shape index (κ2) is 12.4. The van der Waals surface area contributed by atoms with Crippen molar-refractivity contribution in [1.82, 2.24) is 25.1 Å². The van der Waals surface area contributed by atoms with Crippen molar-refractivity contribution in [2.75, 3.05) is 36.9 Å². The van der Waals surface area contributed by atoms with Crippen LogP contribution in [0.25, 0.3) is 5.69 Å².